The van der Waals surface area contributed by atoms with Gasteiger partial charge in [0.05, 0.1) is 12.5 Å². The number of carboxylic acid groups (broad SMARTS) is 1. The number of carbonyl (C=O) groups is 1. The number of carboxylic acids is 1. The van der Waals surface area contributed by atoms with Crippen molar-refractivity contribution >= 4 is 5.97 Å². The van der Waals surface area contributed by atoms with Crippen molar-refractivity contribution in [2.24, 2.45) is 5.41 Å². The lowest BCUT2D eigenvalue weighted by Crippen LogP contribution is -2.26. The second-order valence-corrected chi connectivity index (χ2v) is 5.88. The molecule has 0 amide bonds. The molecule has 0 fully saturated rings. The number of nitrogens with zero attached hydrogens (tertiary/aromatic N) is 1. The Morgan fingerprint density at radius 1 is 1.40 bits per heavy atom. The second kappa shape index (κ2) is 7.29. The van der Waals surface area contributed by atoms with Crippen molar-refractivity contribution < 1.29 is 14.6 Å². The van der Waals surface area contributed by atoms with Crippen molar-refractivity contribution in [3.8, 4) is 5.75 Å². The Bertz CT molecular complexity index is 443. The van der Waals surface area contributed by atoms with Gasteiger partial charge in [0.1, 0.15) is 5.75 Å². The molecule has 1 aromatic rings. The highest BCUT2D eigenvalue weighted by molar-refractivity contribution is 5.73. The molecule has 0 heterocycles. The van der Waals surface area contributed by atoms with E-state index in [-0.39, 0.29) is 0 Å². The average Bonchev–Trinajstić information content (AvgIpc) is 2.38. The summed E-state index contributed by atoms with van der Waals surface area (Å²) in [4.78, 5) is 13.2. The van der Waals surface area contributed by atoms with Gasteiger partial charge in [0, 0.05) is 6.54 Å². The molecule has 1 rings (SSSR count). The van der Waals surface area contributed by atoms with E-state index < -0.39 is 11.4 Å². The number of methoxy groups -OCH3 is 1. The molecule has 0 aliphatic rings. The van der Waals surface area contributed by atoms with Crippen molar-refractivity contribution in [3.63, 3.8) is 0 Å². The quantitative estimate of drug-likeness (QED) is 0.794. The minimum absolute atomic E-state index is 0.642. The fourth-order valence-electron chi connectivity index (χ4n) is 2.06. The molecule has 0 spiro atoms. The van der Waals surface area contributed by atoms with Gasteiger partial charge in [-0.15, -0.1) is 0 Å². The number of hydrogen-bond acceptors (Lipinski definition) is 3. The standard InChI is InChI=1S/C16H25NO3/c1-16(2,15(18)19)9-6-10-17(3)12-13-7-5-8-14(11-13)20-4/h5,7-8,11H,6,9-10,12H2,1-4H3,(H,18,19). The van der Waals surface area contributed by atoms with Gasteiger partial charge in [-0.3, -0.25) is 4.79 Å². The van der Waals surface area contributed by atoms with Crippen LogP contribution in [0.4, 0.5) is 0 Å². The first-order chi connectivity index (χ1) is 9.35. The first kappa shape index (κ1) is 16.5. The number of hydrogen-bond donors (Lipinski definition) is 1. The van der Waals surface area contributed by atoms with Crippen LogP contribution in [0, 0.1) is 5.41 Å². The molecule has 0 saturated carbocycles. The molecule has 1 N–H and O–H groups in total. The zero-order valence-corrected chi connectivity index (χ0v) is 12.8. The zero-order chi connectivity index (χ0) is 15.2. The van der Waals surface area contributed by atoms with Crippen molar-refractivity contribution in [1.29, 1.82) is 0 Å². The summed E-state index contributed by atoms with van der Waals surface area (Å²) in [5.74, 6) is 0.135. The monoisotopic (exact) mass is 279 g/mol. The van der Waals surface area contributed by atoms with E-state index in [1.165, 1.54) is 5.56 Å². The lowest BCUT2D eigenvalue weighted by molar-refractivity contribution is -0.147. The summed E-state index contributed by atoms with van der Waals surface area (Å²) in [6, 6.07) is 8.01. The van der Waals surface area contributed by atoms with Crippen LogP contribution in [0.15, 0.2) is 24.3 Å². The van der Waals surface area contributed by atoms with Crippen molar-refractivity contribution in [1.82, 2.24) is 4.90 Å². The van der Waals surface area contributed by atoms with Crippen LogP contribution in [-0.4, -0.2) is 36.7 Å². The zero-order valence-electron chi connectivity index (χ0n) is 12.8. The lowest BCUT2D eigenvalue weighted by atomic mass is 9.88. The third-order valence-electron chi connectivity index (χ3n) is 3.51. The molecule has 0 bridgehead atoms. The maximum atomic E-state index is 11.0. The third kappa shape index (κ3) is 5.21. The van der Waals surface area contributed by atoms with E-state index >= 15 is 0 Å². The van der Waals surface area contributed by atoms with Crippen LogP contribution in [0.5, 0.6) is 5.75 Å². The van der Waals surface area contributed by atoms with Crippen LogP contribution in [0.25, 0.3) is 0 Å². The molecule has 0 saturated heterocycles. The summed E-state index contributed by atoms with van der Waals surface area (Å²) in [6.07, 6.45) is 1.56. The number of ether oxygens (including phenoxy) is 1. The molecule has 0 aromatic heterocycles. The van der Waals surface area contributed by atoms with E-state index in [4.69, 9.17) is 9.84 Å². The summed E-state index contributed by atoms with van der Waals surface area (Å²) in [7, 11) is 3.71. The second-order valence-electron chi connectivity index (χ2n) is 5.88. The SMILES string of the molecule is COc1cccc(CN(C)CCCC(C)(C)C(=O)O)c1. The summed E-state index contributed by atoms with van der Waals surface area (Å²) in [5.41, 5.74) is 0.556. The maximum Gasteiger partial charge on any atom is 0.309 e. The summed E-state index contributed by atoms with van der Waals surface area (Å²) in [6.45, 7) is 5.27. The van der Waals surface area contributed by atoms with Crippen molar-refractivity contribution in [2.45, 2.75) is 33.2 Å². The van der Waals surface area contributed by atoms with E-state index in [2.05, 4.69) is 11.0 Å². The Morgan fingerprint density at radius 2 is 2.10 bits per heavy atom. The lowest BCUT2D eigenvalue weighted by Gasteiger charge is -2.22. The van der Waals surface area contributed by atoms with E-state index in [0.29, 0.717) is 6.42 Å². The highest BCUT2D eigenvalue weighted by atomic mass is 16.5. The van der Waals surface area contributed by atoms with Gasteiger partial charge in [0.2, 0.25) is 0 Å². The van der Waals surface area contributed by atoms with E-state index in [0.717, 1.165) is 25.3 Å². The van der Waals surface area contributed by atoms with Gasteiger partial charge in [0.15, 0.2) is 0 Å². The van der Waals surface area contributed by atoms with Gasteiger partial charge in [0.25, 0.3) is 0 Å². The first-order valence-electron chi connectivity index (χ1n) is 6.90. The Hall–Kier alpha value is -1.55. The fourth-order valence-corrected chi connectivity index (χ4v) is 2.06. The normalized spacial score (nSPS) is 11.7. The molecule has 1 aromatic carbocycles. The molecule has 0 aliphatic heterocycles. The predicted octanol–water partition coefficient (Wildman–Crippen LogP) is 3.02. The molecule has 4 heteroatoms. The molecule has 112 valence electrons. The maximum absolute atomic E-state index is 11.0. The minimum atomic E-state index is -0.729. The van der Waals surface area contributed by atoms with Gasteiger partial charge in [-0.2, -0.15) is 0 Å². The Labute approximate surface area is 121 Å². The fraction of sp³-hybridized carbons (Fsp3) is 0.562. The van der Waals surface area contributed by atoms with Crippen LogP contribution in [0.1, 0.15) is 32.3 Å². The van der Waals surface area contributed by atoms with E-state index in [1.54, 1.807) is 21.0 Å². The van der Waals surface area contributed by atoms with Crippen LogP contribution in [-0.2, 0) is 11.3 Å². The predicted molar refractivity (Wildman–Crippen MR) is 80.0 cm³/mol. The Morgan fingerprint density at radius 3 is 2.70 bits per heavy atom. The molecule has 0 radical (unpaired) electrons. The summed E-state index contributed by atoms with van der Waals surface area (Å²) in [5, 5.41) is 9.07. The highest BCUT2D eigenvalue weighted by Crippen LogP contribution is 2.22. The molecule has 0 aliphatic carbocycles. The van der Waals surface area contributed by atoms with Gasteiger partial charge in [-0.25, -0.2) is 0 Å². The van der Waals surface area contributed by atoms with Crippen LogP contribution in [0.3, 0.4) is 0 Å². The van der Waals surface area contributed by atoms with Crippen molar-refractivity contribution in [2.75, 3.05) is 20.7 Å². The smallest absolute Gasteiger partial charge is 0.309 e. The molecule has 20 heavy (non-hydrogen) atoms. The van der Waals surface area contributed by atoms with Gasteiger partial charge in [-0.05, 0) is 58.0 Å². The average molecular weight is 279 g/mol. The Kier molecular flexibility index (Phi) is 6.02. The van der Waals surface area contributed by atoms with Gasteiger partial charge in [-0.1, -0.05) is 12.1 Å². The number of rotatable bonds is 8. The topological polar surface area (TPSA) is 49.8 Å². The van der Waals surface area contributed by atoms with Crippen LogP contribution < -0.4 is 4.74 Å². The first-order valence-corrected chi connectivity index (χ1v) is 6.90. The summed E-state index contributed by atoms with van der Waals surface area (Å²) < 4.78 is 5.20. The molecular formula is C16H25NO3. The number of aliphatic carboxylic acids is 1. The Balaban J connectivity index is 2.40. The largest absolute Gasteiger partial charge is 0.497 e. The van der Waals surface area contributed by atoms with Crippen LogP contribution in [0.2, 0.25) is 0 Å². The van der Waals surface area contributed by atoms with E-state index in [1.807, 2.05) is 25.2 Å². The molecule has 4 nitrogen and oxygen atoms in total. The molecule has 0 unspecified atom stereocenters. The molecular weight excluding hydrogens is 254 g/mol. The minimum Gasteiger partial charge on any atom is -0.497 e. The van der Waals surface area contributed by atoms with Crippen molar-refractivity contribution in [3.05, 3.63) is 29.8 Å². The highest BCUT2D eigenvalue weighted by Gasteiger charge is 2.26. The van der Waals surface area contributed by atoms with E-state index in [9.17, 15) is 4.79 Å². The van der Waals surface area contributed by atoms with Gasteiger partial charge >= 0.3 is 5.97 Å². The van der Waals surface area contributed by atoms with Gasteiger partial charge < -0.3 is 14.7 Å². The molecule has 0 atom stereocenters. The summed E-state index contributed by atoms with van der Waals surface area (Å²) >= 11 is 0. The number of benzene rings is 1. The third-order valence-corrected chi connectivity index (χ3v) is 3.51. The van der Waals surface area contributed by atoms with Crippen LogP contribution >= 0.6 is 0 Å².